The predicted octanol–water partition coefficient (Wildman–Crippen LogP) is 3.81. The standard InChI is InChI=1S/C27H32N4O3/c1-34-23-9-7-21(8-10-23)19-27(15-12-26(33)30-27)14-11-25(32)29-24(22-5-3-2-4-6-22)13-17-31-18-16-28-20-31/h2-10,16,18,20,24H,11-15,17,19H2,1H3,(H,29,32)(H,30,33)/t24-,27+/m0/s1. The Labute approximate surface area is 200 Å². The van der Waals surface area contributed by atoms with Gasteiger partial charge in [-0.1, -0.05) is 42.5 Å². The van der Waals surface area contributed by atoms with E-state index < -0.39 is 5.54 Å². The van der Waals surface area contributed by atoms with Crippen LogP contribution in [0.2, 0.25) is 0 Å². The highest BCUT2D eigenvalue weighted by molar-refractivity contribution is 5.80. The Kier molecular flexibility index (Phi) is 7.62. The van der Waals surface area contributed by atoms with E-state index in [1.54, 1.807) is 19.6 Å². The van der Waals surface area contributed by atoms with E-state index in [0.717, 1.165) is 36.3 Å². The lowest BCUT2D eigenvalue weighted by Crippen LogP contribution is -2.44. The van der Waals surface area contributed by atoms with Crippen LogP contribution in [0.3, 0.4) is 0 Å². The van der Waals surface area contributed by atoms with Gasteiger partial charge in [0.15, 0.2) is 0 Å². The average Bonchev–Trinajstić information content (AvgIpc) is 3.51. The molecule has 1 aromatic heterocycles. The average molecular weight is 461 g/mol. The SMILES string of the molecule is COc1ccc(C[C@@]2(CCC(=O)N[C@@H](CCn3ccnc3)c3ccccc3)CCC(=O)N2)cc1. The summed E-state index contributed by atoms with van der Waals surface area (Å²) in [6.07, 6.45) is 9.10. The summed E-state index contributed by atoms with van der Waals surface area (Å²) in [4.78, 5) is 29.3. The van der Waals surface area contributed by atoms with Crippen molar-refractivity contribution >= 4 is 11.8 Å². The van der Waals surface area contributed by atoms with Crippen molar-refractivity contribution in [3.05, 3.63) is 84.4 Å². The lowest BCUT2D eigenvalue weighted by Gasteiger charge is -2.30. The van der Waals surface area contributed by atoms with E-state index in [1.807, 2.05) is 65.4 Å². The van der Waals surface area contributed by atoms with E-state index in [1.165, 1.54) is 0 Å². The first-order valence-corrected chi connectivity index (χ1v) is 11.8. The molecule has 7 nitrogen and oxygen atoms in total. The van der Waals surface area contributed by atoms with Crippen LogP contribution in [0.15, 0.2) is 73.3 Å². The van der Waals surface area contributed by atoms with Gasteiger partial charge < -0.3 is 19.9 Å². The van der Waals surface area contributed by atoms with E-state index in [9.17, 15) is 9.59 Å². The molecule has 1 aliphatic heterocycles. The van der Waals surface area contributed by atoms with Gasteiger partial charge in [0.25, 0.3) is 0 Å². The zero-order valence-electron chi connectivity index (χ0n) is 19.6. The first kappa shape index (κ1) is 23.5. The van der Waals surface area contributed by atoms with Gasteiger partial charge >= 0.3 is 0 Å². The van der Waals surface area contributed by atoms with Gasteiger partial charge in [-0.05, 0) is 48.9 Å². The molecule has 1 saturated heterocycles. The summed E-state index contributed by atoms with van der Waals surface area (Å²) in [7, 11) is 1.64. The molecule has 0 bridgehead atoms. The fourth-order valence-corrected chi connectivity index (χ4v) is 4.64. The number of rotatable bonds is 11. The Morgan fingerprint density at radius 1 is 1.21 bits per heavy atom. The van der Waals surface area contributed by atoms with Crippen LogP contribution in [-0.4, -0.2) is 34.0 Å². The number of imidazole rings is 1. The number of benzene rings is 2. The zero-order valence-corrected chi connectivity index (χ0v) is 19.6. The Morgan fingerprint density at radius 3 is 2.65 bits per heavy atom. The van der Waals surface area contributed by atoms with E-state index >= 15 is 0 Å². The molecule has 3 aromatic rings. The van der Waals surface area contributed by atoms with E-state index in [-0.39, 0.29) is 17.9 Å². The van der Waals surface area contributed by atoms with Crippen LogP contribution in [0.25, 0.3) is 0 Å². The van der Waals surface area contributed by atoms with E-state index in [2.05, 4.69) is 15.6 Å². The summed E-state index contributed by atoms with van der Waals surface area (Å²) >= 11 is 0. The van der Waals surface area contributed by atoms with Crippen molar-refractivity contribution in [2.75, 3.05) is 7.11 Å². The minimum atomic E-state index is -0.401. The molecule has 0 spiro atoms. The third kappa shape index (κ3) is 6.25. The molecule has 0 aliphatic carbocycles. The topological polar surface area (TPSA) is 85.2 Å². The molecule has 0 radical (unpaired) electrons. The minimum Gasteiger partial charge on any atom is -0.497 e. The molecule has 2 heterocycles. The van der Waals surface area contributed by atoms with Crippen LogP contribution in [0.1, 0.15) is 49.3 Å². The molecule has 1 fully saturated rings. The summed E-state index contributed by atoms with van der Waals surface area (Å²) in [6, 6.07) is 17.8. The van der Waals surface area contributed by atoms with Gasteiger partial charge in [-0.25, -0.2) is 4.98 Å². The van der Waals surface area contributed by atoms with Crippen molar-refractivity contribution in [3.8, 4) is 5.75 Å². The number of aryl methyl sites for hydroxylation is 1. The number of carbonyl (C=O) groups excluding carboxylic acids is 2. The third-order valence-electron chi connectivity index (χ3n) is 6.54. The maximum absolute atomic E-state index is 13.0. The molecule has 2 N–H and O–H groups in total. The Hall–Kier alpha value is -3.61. The largest absolute Gasteiger partial charge is 0.497 e. The van der Waals surface area contributed by atoms with Gasteiger partial charge in [0.05, 0.1) is 19.5 Å². The number of ether oxygens (including phenoxy) is 1. The number of hydrogen-bond acceptors (Lipinski definition) is 4. The monoisotopic (exact) mass is 460 g/mol. The highest BCUT2D eigenvalue weighted by atomic mass is 16.5. The number of amides is 2. The number of methoxy groups -OCH3 is 1. The van der Waals surface area contributed by atoms with E-state index in [0.29, 0.717) is 25.7 Å². The van der Waals surface area contributed by atoms with Gasteiger partial charge in [0, 0.05) is 37.3 Å². The molecule has 1 aliphatic rings. The Bertz CT molecular complexity index is 1070. The fraction of sp³-hybridized carbons (Fsp3) is 0.370. The molecule has 2 amide bonds. The number of aromatic nitrogens is 2. The third-order valence-corrected chi connectivity index (χ3v) is 6.54. The second-order valence-corrected chi connectivity index (χ2v) is 8.97. The second-order valence-electron chi connectivity index (χ2n) is 8.97. The van der Waals surface area contributed by atoms with Crippen molar-refractivity contribution in [1.82, 2.24) is 20.2 Å². The summed E-state index contributed by atoms with van der Waals surface area (Å²) < 4.78 is 7.26. The Balaban J connectivity index is 1.39. The first-order valence-electron chi connectivity index (χ1n) is 11.8. The van der Waals surface area contributed by atoms with E-state index in [4.69, 9.17) is 4.74 Å². The lowest BCUT2D eigenvalue weighted by atomic mass is 9.85. The highest BCUT2D eigenvalue weighted by Gasteiger charge is 2.38. The van der Waals surface area contributed by atoms with Gasteiger partial charge in [-0.3, -0.25) is 9.59 Å². The quantitative estimate of drug-likeness (QED) is 0.456. The first-order chi connectivity index (χ1) is 16.5. The van der Waals surface area contributed by atoms with Gasteiger partial charge in [0.1, 0.15) is 5.75 Å². The predicted molar refractivity (Wildman–Crippen MR) is 130 cm³/mol. The smallest absolute Gasteiger partial charge is 0.220 e. The molecule has 34 heavy (non-hydrogen) atoms. The van der Waals surface area contributed by atoms with Crippen molar-refractivity contribution in [3.63, 3.8) is 0 Å². The van der Waals surface area contributed by atoms with Crippen LogP contribution >= 0.6 is 0 Å². The normalized spacial score (nSPS) is 18.3. The maximum atomic E-state index is 13.0. The fourth-order valence-electron chi connectivity index (χ4n) is 4.64. The van der Waals surface area contributed by atoms with Gasteiger partial charge in [-0.15, -0.1) is 0 Å². The molecule has 0 saturated carbocycles. The van der Waals surface area contributed by atoms with Crippen LogP contribution in [-0.2, 0) is 22.6 Å². The number of nitrogens with zero attached hydrogens (tertiary/aromatic N) is 2. The molecule has 4 rings (SSSR count). The van der Waals surface area contributed by atoms with Crippen molar-refractivity contribution < 1.29 is 14.3 Å². The summed E-state index contributed by atoms with van der Waals surface area (Å²) in [6.45, 7) is 0.761. The van der Waals surface area contributed by atoms with Crippen molar-refractivity contribution in [2.45, 2.75) is 56.7 Å². The Morgan fingerprint density at radius 2 is 2.00 bits per heavy atom. The van der Waals surface area contributed by atoms with Crippen molar-refractivity contribution in [2.24, 2.45) is 0 Å². The van der Waals surface area contributed by atoms with Gasteiger partial charge in [-0.2, -0.15) is 0 Å². The highest BCUT2D eigenvalue weighted by Crippen LogP contribution is 2.30. The van der Waals surface area contributed by atoms with Crippen LogP contribution in [0.4, 0.5) is 0 Å². The summed E-state index contributed by atoms with van der Waals surface area (Å²) in [5.41, 5.74) is 1.80. The lowest BCUT2D eigenvalue weighted by molar-refractivity contribution is -0.123. The van der Waals surface area contributed by atoms with Crippen molar-refractivity contribution in [1.29, 1.82) is 0 Å². The zero-order chi connectivity index (χ0) is 23.8. The van der Waals surface area contributed by atoms with Crippen LogP contribution in [0.5, 0.6) is 5.75 Å². The molecule has 0 unspecified atom stereocenters. The molecule has 178 valence electrons. The minimum absolute atomic E-state index is 0.00487. The summed E-state index contributed by atoms with van der Waals surface area (Å²) in [5.74, 6) is 0.849. The second kappa shape index (κ2) is 11.0. The van der Waals surface area contributed by atoms with Crippen LogP contribution in [0, 0.1) is 0 Å². The molecule has 2 aromatic carbocycles. The maximum Gasteiger partial charge on any atom is 0.220 e. The molecule has 7 heteroatoms. The molecular weight excluding hydrogens is 428 g/mol. The molecule has 2 atom stereocenters. The number of nitrogens with one attached hydrogen (secondary N) is 2. The number of carbonyl (C=O) groups is 2. The van der Waals surface area contributed by atoms with Crippen LogP contribution < -0.4 is 15.4 Å². The van der Waals surface area contributed by atoms with Gasteiger partial charge in [0.2, 0.25) is 11.8 Å². The molecular formula is C27H32N4O3. The number of hydrogen-bond donors (Lipinski definition) is 2. The summed E-state index contributed by atoms with van der Waals surface area (Å²) in [5, 5.41) is 6.39.